The van der Waals surface area contributed by atoms with E-state index in [9.17, 15) is 4.79 Å². The molecular weight excluding hydrogens is 342 g/mol. The number of nitrogens with zero attached hydrogens (tertiary/aromatic N) is 4. The Bertz CT molecular complexity index is 714. The van der Waals surface area contributed by atoms with E-state index in [1.165, 1.54) is 0 Å². The van der Waals surface area contributed by atoms with E-state index in [0.717, 1.165) is 38.6 Å². The molecule has 3 heterocycles. The molecule has 0 spiro atoms. The number of thiazole rings is 1. The summed E-state index contributed by atoms with van der Waals surface area (Å²) in [6, 6.07) is 0. The van der Waals surface area contributed by atoms with Crippen molar-refractivity contribution in [3.63, 3.8) is 0 Å². The standard InChI is InChI=1S/C16H21N5OS2/c1-4-5-23-15-18-7-10(8-19-15)11-6-13(22)17-9-12-14(11)24-16(20-12)21(2)3/h7-8,11H,4-6,9H2,1-3H3,(H,17,22)/t11-/m0/s1. The van der Waals surface area contributed by atoms with Crippen molar-refractivity contribution >= 4 is 34.1 Å². The summed E-state index contributed by atoms with van der Waals surface area (Å²) in [5.74, 6) is 1.02. The highest BCUT2D eigenvalue weighted by molar-refractivity contribution is 7.99. The number of nitrogens with one attached hydrogen (secondary N) is 1. The average molecular weight is 364 g/mol. The van der Waals surface area contributed by atoms with Crippen molar-refractivity contribution < 1.29 is 4.79 Å². The van der Waals surface area contributed by atoms with Crippen LogP contribution in [0.15, 0.2) is 17.6 Å². The summed E-state index contributed by atoms with van der Waals surface area (Å²) >= 11 is 3.30. The van der Waals surface area contributed by atoms with Crippen LogP contribution in [0.4, 0.5) is 5.13 Å². The van der Waals surface area contributed by atoms with Gasteiger partial charge in [-0.1, -0.05) is 18.7 Å². The second-order valence-electron chi connectivity index (χ2n) is 5.88. The summed E-state index contributed by atoms with van der Waals surface area (Å²) in [6.07, 6.45) is 5.21. The van der Waals surface area contributed by atoms with Gasteiger partial charge in [-0.05, 0) is 12.0 Å². The van der Waals surface area contributed by atoms with E-state index >= 15 is 0 Å². The van der Waals surface area contributed by atoms with E-state index in [1.807, 2.05) is 31.4 Å². The van der Waals surface area contributed by atoms with Crippen LogP contribution in [0, 0.1) is 0 Å². The minimum absolute atomic E-state index is 0.0288. The van der Waals surface area contributed by atoms with Crippen molar-refractivity contribution in [2.24, 2.45) is 0 Å². The maximum atomic E-state index is 12.1. The Kier molecular flexibility index (Phi) is 5.35. The van der Waals surface area contributed by atoms with Gasteiger partial charge in [-0.25, -0.2) is 15.0 Å². The highest BCUT2D eigenvalue weighted by Crippen LogP contribution is 2.38. The third-order valence-corrected chi connectivity index (χ3v) is 6.20. The first-order chi connectivity index (χ1) is 11.6. The molecule has 1 aliphatic rings. The largest absolute Gasteiger partial charge is 0.354 e. The molecular formula is C16H21N5OS2. The van der Waals surface area contributed by atoms with Gasteiger partial charge in [0.05, 0.1) is 12.2 Å². The predicted octanol–water partition coefficient (Wildman–Crippen LogP) is 2.65. The SMILES string of the molecule is CCCSc1ncc([C@@H]2CC(=O)NCc3nc(N(C)C)sc32)cn1. The minimum Gasteiger partial charge on any atom is -0.354 e. The van der Waals surface area contributed by atoms with Crippen LogP contribution in [-0.4, -0.2) is 40.7 Å². The van der Waals surface area contributed by atoms with E-state index < -0.39 is 0 Å². The number of amides is 1. The van der Waals surface area contributed by atoms with Crippen molar-refractivity contribution in [3.05, 3.63) is 28.5 Å². The van der Waals surface area contributed by atoms with Gasteiger partial charge >= 0.3 is 0 Å². The number of rotatable bonds is 5. The monoisotopic (exact) mass is 363 g/mol. The molecule has 0 aliphatic carbocycles. The second kappa shape index (κ2) is 7.48. The molecule has 0 fully saturated rings. The van der Waals surface area contributed by atoms with Crippen LogP contribution in [0.3, 0.4) is 0 Å². The zero-order chi connectivity index (χ0) is 17.1. The Morgan fingerprint density at radius 2 is 2.12 bits per heavy atom. The number of aromatic nitrogens is 3. The van der Waals surface area contributed by atoms with Gasteiger partial charge < -0.3 is 10.2 Å². The van der Waals surface area contributed by atoms with Crippen LogP contribution in [0.25, 0.3) is 0 Å². The van der Waals surface area contributed by atoms with Crippen molar-refractivity contribution in [3.8, 4) is 0 Å². The number of hydrogen-bond donors (Lipinski definition) is 1. The van der Waals surface area contributed by atoms with Crippen molar-refractivity contribution in [2.45, 2.75) is 37.4 Å². The van der Waals surface area contributed by atoms with Gasteiger partial charge in [0.2, 0.25) is 5.91 Å². The molecule has 2 aromatic heterocycles. The molecule has 1 amide bonds. The summed E-state index contributed by atoms with van der Waals surface area (Å²) in [4.78, 5) is 28.8. The van der Waals surface area contributed by atoms with Gasteiger partial charge in [-0.3, -0.25) is 4.79 Å². The smallest absolute Gasteiger partial charge is 0.221 e. The molecule has 0 bridgehead atoms. The summed E-state index contributed by atoms with van der Waals surface area (Å²) in [6.45, 7) is 2.62. The highest BCUT2D eigenvalue weighted by Gasteiger charge is 2.28. The quantitative estimate of drug-likeness (QED) is 0.650. The lowest BCUT2D eigenvalue weighted by Crippen LogP contribution is -2.21. The molecule has 0 aromatic carbocycles. The summed E-state index contributed by atoms with van der Waals surface area (Å²) < 4.78 is 0. The van der Waals surface area contributed by atoms with Gasteiger partial charge in [0.15, 0.2) is 10.3 Å². The Morgan fingerprint density at radius 1 is 1.38 bits per heavy atom. The fourth-order valence-electron chi connectivity index (χ4n) is 2.52. The maximum absolute atomic E-state index is 12.1. The number of carbonyl (C=O) groups is 1. The van der Waals surface area contributed by atoms with E-state index in [1.54, 1.807) is 23.1 Å². The fourth-order valence-corrected chi connectivity index (χ4v) is 4.29. The minimum atomic E-state index is -0.0288. The molecule has 0 saturated heterocycles. The Labute approximate surface area is 150 Å². The van der Waals surface area contributed by atoms with Gasteiger partial charge in [-0.2, -0.15) is 0 Å². The topological polar surface area (TPSA) is 71.0 Å². The zero-order valence-corrected chi connectivity index (χ0v) is 15.7. The third kappa shape index (κ3) is 3.70. The molecule has 1 aliphatic heterocycles. The molecule has 1 atom stereocenters. The lowest BCUT2D eigenvalue weighted by atomic mass is 9.96. The third-order valence-electron chi connectivity index (χ3n) is 3.74. The van der Waals surface area contributed by atoms with E-state index in [0.29, 0.717) is 13.0 Å². The Morgan fingerprint density at radius 3 is 2.79 bits per heavy atom. The first-order valence-electron chi connectivity index (χ1n) is 7.96. The maximum Gasteiger partial charge on any atom is 0.221 e. The molecule has 0 unspecified atom stereocenters. The Balaban J connectivity index is 1.92. The molecule has 0 radical (unpaired) electrons. The average Bonchev–Trinajstić information content (AvgIpc) is 2.94. The van der Waals surface area contributed by atoms with E-state index in [2.05, 4.69) is 27.2 Å². The van der Waals surface area contributed by atoms with Crippen molar-refractivity contribution in [2.75, 3.05) is 24.7 Å². The Hall–Kier alpha value is -1.67. The van der Waals surface area contributed by atoms with Crippen LogP contribution < -0.4 is 10.2 Å². The van der Waals surface area contributed by atoms with Gasteiger partial charge in [0.1, 0.15) is 0 Å². The summed E-state index contributed by atoms with van der Waals surface area (Å²) in [5, 5.41) is 4.68. The van der Waals surface area contributed by atoms with Gasteiger partial charge in [0, 0.05) is 49.5 Å². The number of anilines is 1. The van der Waals surface area contributed by atoms with Gasteiger partial charge in [-0.15, -0.1) is 11.3 Å². The zero-order valence-electron chi connectivity index (χ0n) is 14.1. The first kappa shape index (κ1) is 17.2. The molecule has 128 valence electrons. The summed E-state index contributed by atoms with van der Waals surface area (Å²) in [5.41, 5.74) is 1.92. The van der Waals surface area contributed by atoms with E-state index in [4.69, 9.17) is 0 Å². The van der Waals surface area contributed by atoms with Crippen molar-refractivity contribution in [1.82, 2.24) is 20.3 Å². The van der Waals surface area contributed by atoms with Crippen molar-refractivity contribution in [1.29, 1.82) is 0 Å². The van der Waals surface area contributed by atoms with Crippen LogP contribution in [0.5, 0.6) is 0 Å². The first-order valence-corrected chi connectivity index (χ1v) is 9.77. The van der Waals surface area contributed by atoms with Crippen LogP contribution in [-0.2, 0) is 11.3 Å². The van der Waals surface area contributed by atoms with Crippen LogP contribution in [0.2, 0.25) is 0 Å². The molecule has 0 saturated carbocycles. The number of hydrogen-bond acceptors (Lipinski definition) is 7. The molecule has 1 N–H and O–H groups in total. The van der Waals surface area contributed by atoms with Crippen LogP contribution >= 0.6 is 23.1 Å². The van der Waals surface area contributed by atoms with Crippen LogP contribution in [0.1, 0.15) is 41.8 Å². The molecule has 6 nitrogen and oxygen atoms in total. The van der Waals surface area contributed by atoms with E-state index in [-0.39, 0.29) is 11.8 Å². The number of thioether (sulfide) groups is 1. The lowest BCUT2D eigenvalue weighted by molar-refractivity contribution is -0.121. The lowest BCUT2D eigenvalue weighted by Gasteiger charge is -2.13. The molecule has 24 heavy (non-hydrogen) atoms. The fraction of sp³-hybridized carbons (Fsp3) is 0.500. The molecule has 2 aromatic rings. The second-order valence-corrected chi connectivity index (χ2v) is 7.95. The highest BCUT2D eigenvalue weighted by atomic mass is 32.2. The molecule has 3 rings (SSSR count). The van der Waals surface area contributed by atoms with Gasteiger partial charge in [0.25, 0.3) is 0 Å². The number of carbonyl (C=O) groups excluding carboxylic acids is 1. The number of fused-ring (bicyclic) bond motifs is 1. The predicted molar refractivity (Wildman–Crippen MR) is 97.8 cm³/mol. The summed E-state index contributed by atoms with van der Waals surface area (Å²) in [7, 11) is 3.96. The normalized spacial score (nSPS) is 17.1. The molecule has 8 heteroatoms.